The van der Waals surface area contributed by atoms with E-state index < -0.39 is 0 Å². The molecule has 0 unspecified atom stereocenters. The van der Waals surface area contributed by atoms with Crippen LogP contribution in [0.3, 0.4) is 0 Å². The zero-order valence-electron chi connectivity index (χ0n) is 9.42. The molecule has 0 heterocycles. The van der Waals surface area contributed by atoms with Crippen LogP contribution >= 0.6 is 0 Å². The molecule has 0 aliphatic rings. The second-order valence-electron chi connectivity index (χ2n) is 2.87. The van der Waals surface area contributed by atoms with Crippen LogP contribution < -0.4 is 5.73 Å². The number of hydrogen-bond acceptors (Lipinski definition) is 3. The molecule has 0 aromatic carbocycles. The summed E-state index contributed by atoms with van der Waals surface area (Å²) < 4.78 is 4.59. The molecule has 84 valence electrons. The highest BCUT2D eigenvalue weighted by molar-refractivity contribution is 5.81. The number of esters is 1. The summed E-state index contributed by atoms with van der Waals surface area (Å²) in [5.41, 5.74) is 5.14. The van der Waals surface area contributed by atoms with Crippen molar-refractivity contribution in [3.8, 4) is 0 Å². The predicted molar refractivity (Wildman–Crippen MR) is 60.0 cm³/mol. The number of nitrogens with two attached hydrogens (primary N) is 1. The largest absolute Gasteiger partial charge is 0.462 e. The molecule has 0 saturated carbocycles. The highest BCUT2D eigenvalue weighted by Crippen LogP contribution is 1.88. The smallest absolute Gasteiger partial charge is 0.330 e. The highest BCUT2D eigenvalue weighted by Gasteiger charge is 1.91. The summed E-state index contributed by atoms with van der Waals surface area (Å²) in [7, 11) is 0. The maximum Gasteiger partial charge on any atom is 0.330 e. The van der Waals surface area contributed by atoms with Crippen LogP contribution in [0, 0.1) is 0 Å². The molecule has 0 rings (SSSR count). The van der Waals surface area contributed by atoms with Crippen molar-refractivity contribution in [3.63, 3.8) is 0 Å². The fourth-order valence-electron chi connectivity index (χ4n) is 0.669. The average Bonchev–Trinajstić information content (AvgIpc) is 2.20. The predicted octanol–water partition coefficient (Wildman–Crippen LogP) is 2.26. The summed E-state index contributed by atoms with van der Waals surface area (Å²) in [5, 5.41) is 0. The topological polar surface area (TPSA) is 52.3 Å². The Bertz CT molecular complexity index is 133. The van der Waals surface area contributed by atoms with Gasteiger partial charge in [-0.1, -0.05) is 39.7 Å². The number of carbonyl (C=O) groups excluding carboxylic acids is 1. The lowest BCUT2D eigenvalue weighted by atomic mass is 10.3. The maximum atomic E-state index is 10.3. The van der Waals surface area contributed by atoms with E-state index in [2.05, 4.69) is 25.2 Å². The maximum absolute atomic E-state index is 10.3. The molecule has 0 amide bonds. The zero-order valence-corrected chi connectivity index (χ0v) is 9.42. The van der Waals surface area contributed by atoms with Crippen LogP contribution in [0.25, 0.3) is 0 Å². The van der Waals surface area contributed by atoms with E-state index in [1.165, 1.54) is 19.3 Å². The third-order valence-corrected chi connectivity index (χ3v) is 1.47. The number of unbranched alkanes of at least 4 members (excludes halogenated alkanes) is 2. The minimum atomic E-state index is -0.386. The Morgan fingerprint density at radius 3 is 2.21 bits per heavy atom. The lowest BCUT2D eigenvalue weighted by molar-refractivity contribution is -0.137. The SMILES string of the molecule is C=CC(=O)OCCCN.CCCCC. The van der Waals surface area contributed by atoms with Crippen LogP contribution in [0.4, 0.5) is 0 Å². The van der Waals surface area contributed by atoms with Crippen LogP contribution in [0.5, 0.6) is 0 Å². The molecule has 0 aliphatic heterocycles. The second-order valence-corrected chi connectivity index (χ2v) is 2.87. The van der Waals surface area contributed by atoms with Crippen LogP contribution in [0.15, 0.2) is 12.7 Å². The van der Waals surface area contributed by atoms with Crippen LogP contribution in [0.1, 0.15) is 39.5 Å². The quantitative estimate of drug-likeness (QED) is 0.407. The first-order chi connectivity index (χ1) is 6.72. The summed E-state index contributed by atoms with van der Waals surface area (Å²) in [6.07, 6.45) is 5.92. The molecule has 0 bridgehead atoms. The normalized spacial score (nSPS) is 8.50. The molecule has 0 radical (unpaired) electrons. The molecule has 0 spiro atoms. The van der Waals surface area contributed by atoms with E-state index in [-0.39, 0.29) is 5.97 Å². The van der Waals surface area contributed by atoms with Crippen LogP contribution in [-0.4, -0.2) is 19.1 Å². The lowest BCUT2D eigenvalue weighted by Gasteiger charge is -1.97. The Morgan fingerprint density at radius 2 is 1.93 bits per heavy atom. The molecule has 3 nitrogen and oxygen atoms in total. The van der Waals surface area contributed by atoms with Crippen molar-refractivity contribution < 1.29 is 9.53 Å². The van der Waals surface area contributed by atoms with Gasteiger partial charge >= 0.3 is 5.97 Å². The van der Waals surface area contributed by atoms with E-state index in [9.17, 15) is 4.79 Å². The van der Waals surface area contributed by atoms with Gasteiger partial charge in [-0.15, -0.1) is 0 Å². The minimum Gasteiger partial charge on any atom is -0.462 e. The molecular formula is C11H23NO2. The second kappa shape index (κ2) is 14.7. The third-order valence-electron chi connectivity index (χ3n) is 1.47. The fourth-order valence-corrected chi connectivity index (χ4v) is 0.669. The van der Waals surface area contributed by atoms with Gasteiger partial charge in [0.1, 0.15) is 0 Å². The number of ether oxygens (including phenoxy) is 1. The van der Waals surface area contributed by atoms with E-state index in [1.807, 2.05) is 0 Å². The van der Waals surface area contributed by atoms with Crippen molar-refractivity contribution in [2.45, 2.75) is 39.5 Å². The van der Waals surface area contributed by atoms with Gasteiger partial charge < -0.3 is 10.5 Å². The summed E-state index contributed by atoms with van der Waals surface area (Å²) in [6, 6.07) is 0. The van der Waals surface area contributed by atoms with Crippen molar-refractivity contribution in [1.29, 1.82) is 0 Å². The highest BCUT2D eigenvalue weighted by atomic mass is 16.5. The fraction of sp³-hybridized carbons (Fsp3) is 0.727. The van der Waals surface area contributed by atoms with Gasteiger partial charge in [0.25, 0.3) is 0 Å². The van der Waals surface area contributed by atoms with Gasteiger partial charge in [0.2, 0.25) is 0 Å². The molecule has 14 heavy (non-hydrogen) atoms. The first-order valence-electron chi connectivity index (χ1n) is 5.22. The van der Waals surface area contributed by atoms with Crippen molar-refractivity contribution in [2.75, 3.05) is 13.2 Å². The van der Waals surface area contributed by atoms with E-state index >= 15 is 0 Å². The van der Waals surface area contributed by atoms with Gasteiger partial charge in [0.05, 0.1) is 6.61 Å². The van der Waals surface area contributed by atoms with Crippen molar-refractivity contribution in [1.82, 2.24) is 0 Å². The Morgan fingerprint density at radius 1 is 1.36 bits per heavy atom. The Labute approximate surface area is 87.3 Å². The molecule has 0 atom stereocenters. The first-order valence-corrected chi connectivity index (χ1v) is 5.22. The molecule has 0 saturated heterocycles. The van der Waals surface area contributed by atoms with Gasteiger partial charge in [0, 0.05) is 6.08 Å². The van der Waals surface area contributed by atoms with Crippen molar-refractivity contribution in [3.05, 3.63) is 12.7 Å². The van der Waals surface area contributed by atoms with E-state index in [0.717, 1.165) is 6.08 Å². The molecule has 0 aliphatic carbocycles. The van der Waals surface area contributed by atoms with Gasteiger partial charge in [0.15, 0.2) is 0 Å². The standard InChI is InChI=1S/C6H11NO2.C5H12/c1-2-6(8)9-5-3-4-7;1-3-5-4-2/h2H,1,3-5,7H2;3-5H2,1-2H3. The lowest BCUT2D eigenvalue weighted by Crippen LogP contribution is -2.07. The zero-order chi connectivity index (χ0) is 11.2. The number of rotatable bonds is 6. The number of hydrogen-bond donors (Lipinski definition) is 1. The van der Waals surface area contributed by atoms with Gasteiger partial charge in [-0.2, -0.15) is 0 Å². The van der Waals surface area contributed by atoms with Crippen molar-refractivity contribution >= 4 is 5.97 Å². The summed E-state index contributed by atoms with van der Waals surface area (Å²) in [4.78, 5) is 10.3. The minimum absolute atomic E-state index is 0.386. The van der Waals surface area contributed by atoms with E-state index in [1.54, 1.807) is 0 Å². The Hall–Kier alpha value is -0.830. The molecule has 3 heteroatoms. The van der Waals surface area contributed by atoms with E-state index in [0.29, 0.717) is 19.6 Å². The van der Waals surface area contributed by atoms with Crippen LogP contribution in [-0.2, 0) is 9.53 Å². The molecule has 0 fully saturated rings. The molecule has 0 aromatic heterocycles. The summed E-state index contributed by atoms with van der Waals surface area (Å²) >= 11 is 0. The molecule has 0 aromatic rings. The van der Waals surface area contributed by atoms with E-state index in [4.69, 9.17) is 5.73 Å². The van der Waals surface area contributed by atoms with Crippen LogP contribution in [0.2, 0.25) is 0 Å². The molecule has 2 N–H and O–H groups in total. The van der Waals surface area contributed by atoms with Crippen molar-refractivity contribution in [2.24, 2.45) is 5.73 Å². The van der Waals surface area contributed by atoms with Gasteiger partial charge in [-0.3, -0.25) is 0 Å². The first kappa shape index (κ1) is 15.6. The monoisotopic (exact) mass is 201 g/mol. The Kier molecular flexibility index (Phi) is 16.4. The number of carbonyl (C=O) groups is 1. The summed E-state index contributed by atoms with van der Waals surface area (Å²) in [6.45, 7) is 8.59. The van der Waals surface area contributed by atoms with Gasteiger partial charge in [-0.25, -0.2) is 4.79 Å². The van der Waals surface area contributed by atoms with Gasteiger partial charge in [-0.05, 0) is 13.0 Å². The average molecular weight is 201 g/mol. The Balaban J connectivity index is 0. The third kappa shape index (κ3) is 17.3. The summed E-state index contributed by atoms with van der Waals surface area (Å²) in [5.74, 6) is -0.386. The molecular weight excluding hydrogens is 178 g/mol.